The van der Waals surface area contributed by atoms with Crippen LogP contribution in [0, 0.1) is 5.92 Å². The summed E-state index contributed by atoms with van der Waals surface area (Å²) in [5.74, 6) is 2.20. The van der Waals surface area contributed by atoms with E-state index in [0.29, 0.717) is 5.92 Å². The second-order valence-corrected chi connectivity index (χ2v) is 6.72. The molecule has 1 fully saturated rings. The van der Waals surface area contributed by atoms with Gasteiger partial charge in [0.1, 0.15) is 5.76 Å². The molecule has 1 aromatic rings. The van der Waals surface area contributed by atoms with E-state index in [4.69, 9.17) is 4.42 Å². The third kappa shape index (κ3) is 3.80. The summed E-state index contributed by atoms with van der Waals surface area (Å²) in [5, 5.41) is 9.60. The molecule has 2 rings (SSSR count). The first kappa shape index (κ1) is 14.5. The van der Waals surface area contributed by atoms with Crippen molar-refractivity contribution in [3.63, 3.8) is 0 Å². The van der Waals surface area contributed by atoms with Crippen molar-refractivity contribution in [3.8, 4) is 0 Å². The minimum absolute atomic E-state index is 0.0184. The molecule has 0 spiro atoms. The zero-order chi connectivity index (χ0) is 14.0. The molecule has 19 heavy (non-hydrogen) atoms. The Balaban J connectivity index is 1.87. The summed E-state index contributed by atoms with van der Waals surface area (Å²) < 4.78 is 5.82. The van der Waals surface area contributed by atoms with Crippen molar-refractivity contribution in [2.24, 2.45) is 5.92 Å². The predicted molar refractivity (Wildman–Crippen MR) is 74.9 cm³/mol. The molecule has 1 atom stereocenters. The standard InChI is InChI=1S/C15H26N2O2/c1-11(18)12-5-7-17(8-6-12)10-14-16-9-13(19-14)15(2,3)4/h9,11-12,18H,5-8,10H2,1-4H3. The highest BCUT2D eigenvalue weighted by molar-refractivity contribution is 5.06. The van der Waals surface area contributed by atoms with Crippen LogP contribution in [0.2, 0.25) is 0 Å². The van der Waals surface area contributed by atoms with E-state index in [1.54, 1.807) is 0 Å². The lowest BCUT2D eigenvalue weighted by Crippen LogP contribution is -2.36. The molecule has 108 valence electrons. The first-order valence-corrected chi connectivity index (χ1v) is 7.22. The second kappa shape index (κ2) is 5.63. The highest BCUT2D eigenvalue weighted by atomic mass is 16.4. The lowest BCUT2D eigenvalue weighted by molar-refractivity contribution is 0.0664. The molecular formula is C15H26N2O2. The van der Waals surface area contributed by atoms with Crippen LogP contribution in [0.4, 0.5) is 0 Å². The summed E-state index contributed by atoms with van der Waals surface area (Å²) in [6.07, 6.45) is 3.78. The van der Waals surface area contributed by atoms with Gasteiger partial charge in [-0.15, -0.1) is 0 Å². The van der Waals surface area contributed by atoms with Gasteiger partial charge in [0.2, 0.25) is 5.89 Å². The van der Waals surface area contributed by atoms with E-state index in [1.807, 2.05) is 13.1 Å². The maximum absolute atomic E-state index is 9.60. The predicted octanol–water partition coefficient (Wildman–Crippen LogP) is 2.56. The van der Waals surface area contributed by atoms with E-state index in [0.717, 1.165) is 44.1 Å². The van der Waals surface area contributed by atoms with Gasteiger partial charge in [-0.05, 0) is 38.8 Å². The minimum Gasteiger partial charge on any atom is -0.444 e. The average molecular weight is 266 g/mol. The highest BCUT2D eigenvalue weighted by Gasteiger charge is 2.24. The Labute approximate surface area is 115 Å². The Morgan fingerprint density at radius 2 is 2.05 bits per heavy atom. The van der Waals surface area contributed by atoms with Gasteiger partial charge in [-0.1, -0.05) is 20.8 Å². The maximum atomic E-state index is 9.60. The molecule has 0 bridgehead atoms. The number of aliphatic hydroxyl groups is 1. The van der Waals surface area contributed by atoms with Gasteiger partial charge in [0.25, 0.3) is 0 Å². The fourth-order valence-electron chi connectivity index (χ4n) is 2.51. The normalized spacial score (nSPS) is 20.7. The van der Waals surface area contributed by atoms with E-state index in [2.05, 4.69) is 30.7 Å². The summed E-state index contributed by atoms with van der Waals surface area (Å²) in [5.41, 5.74) is 0.0184. The van der Waals surface area contributed by atoms with E-state index < -0.39 is 0 Å². The quantitative estimate of drug-likeness (QED) is 0.913. The minimum atomic E-state index is -0.184. The SMILES string of the molecule is CC(O)C1CCN(Cc2ncc(C(C)(C)C)o2)CC1. The summed E-state index contributed by atoms with van der Waals surface area (Å²) >= 11 is 0. The number of aliphatic hydroxyl groups excluding tert-OH is 1. The molecule has 0 radical (unpaired) electrons. The fraction of sp³-hybridized carbons (Fsp3) is 0.800. The van der Waals surface area contributed by atoms with Crippen LogP contribution in [-0.2, 0) is 12.0 Å². The Kier molecular flexibility index (Phi) is 4.31. The molecule has 1 saturated heterocycles. The van der Waals surface area contributed by atoms with Crippen molar-refractivity contribution < 1.29 is 9.52 Å². The van der Waals surface area contributed by atoms with Crippen LogP contribution in [0.15, 0.2) is 10.6 Å². The number of piperidine rings is 1. The van der Waals surface area contributed by atoms with E-state index in [1.165, 1.54) is 0 Å². The van der Waals surface area contributed by atoms with Crippen molar-refractivity contribution in [2.75, 3.05) is 13.1 Å². The molecule has 0 aliphatic carbocycles. The van der Waals surface area contributed by atoms with Crippen LogP contribution < -0.4 is 0 Å². The molecule has 1 aromatic heterocycles. The van der Waals surface area contributed by atoms with Crippen LogP contribution in [0.5, 0.6) is 0 Å². The number of aromatic nitrogens is 1. The van der Waals surface area contributed by atoms with E-state index in [-0.39, 0.29) is 11.5 Å². The number of oxazole rings is 1. The zero-order valence-corrected chi connectivity index (χ0v) is 12.5. The van der Waals surface area contributed by atoms with Crippen molar-refractivity contribution >= 4 is 0 Å². The summed E-state index contributed by atoms with van der Waals surface area (Å²) in [6.45, 7) is 11.1. The van der Waals surface area contributed by atoms with Crippen molar-refractivity contribution in [1.29, 1.82) is 0 Å². The molecule has 1 aliphatic heterocycles. The summed E-state index contributed by atoms with van der Waals surface area (Å²) in [7, 11) is 0. The largest absolute Gasteiger partial charge is 0.444 e. The molecule has 0 saturated carbocycles. The van der Waals surface area contributed by atoms with Crippen LogP contribution in [-0.4, -0.2) is 34.2 Å². The molecule has 0 amide bonds. The third-order valence-corrected chi connectivity index (χ3v) is 3.97. The van der Waals surface area contributed by atoms with E-state index >= 15 is 0 Å². The Morgan fingerprint density at radius 1 is 1.42 bits per heavy atom. The molecule has 1 N–H and O–H groups in total. The van der Waals surface area contributed by atoms with Gasteiger partial charge in [-0.3, -0.25) is 4.90 Å². The Bertz CT molecular complexity index is 399. The fourth-order valence-corrected chi connectivity index (χ4v) is 2.51. The van der Waals surface area contributed by atoms with Gasteiger partial charge < -0.3 is 9.52 Å². The summed E-state index contributed by atoms with van der Waals surface area (Å²) in [6, 6.07) is 0. The zero-order valence-electron chi connectivity index (χ0n) is 12.5. The number of nitrogens with zero attached hydrogens (tertiary/aromatic N) is 2. The second-order valence-electron chi connectivity index (χ2n) is 6.72. The lowest BCUT2D eigenvalue weighted by Gasteiger charge is -2.32. The first-order chi connectivity index (χ1) is 8.86. The molecule has 0 aromatic carbocycles. The third-order valence-electron chi connectivity index (χ3n) is 3.97. The smallest absolute Gasteiger partial charge is 0.208 e. The molecule has 2 heterocycles. The number of hydrogen-bond acceptors (Lipinski definition) is 4. The molecule has 4 nitrogen and oxygen atoms in total. The van der Waals surface area contributed by atoms with Crippen molar-refractivity contribution in [2.45, 2.75) is 58.6 Å². The Morgan fingerprint density at radius 3 is 2.53 bits per heavy atom. The molecular weight excluding hydrogens is 240 g/mol. The molecule has 1 unspecified atom stereocenters. The van der Waals surface area contributed by atoms with Gasteiger partial charge >= 0.3 is 0 Å². The van der Waals surface area contributed by atoms with Crippen LogP contribution in [0.3, 0.4) is 0 Å². The van der Waals surface area contributed by atoms with E-state index in [9.17, 15) is 5.11 Å². The van der Waals surface area contributed by atoms with Crippen molar-refractivity contribution in [3.05, 3.63) is 17.8 Å². The molecule has 4 heteroatoms. The van der Waals surface area contributed by atoms with Crippen LogP contribution in [0.1, 0.15) is 52.2 Å². The van der Waals surface area contributed by atoms with Gasteiger partial charge in [0, 0.05) is 5.41 Å². The van der Waals surface area contributed by atoms with Gasteiger partial charge in [0.15, 0.2) is 0 Å². The number of hydrogen-bond donors (Lipinski definition) is 1. The average Bonchev–Trinajstić information content (AvgIpc) is 2.78. The first-order valence-electron chi connectivity index (χ1n) is 7.22. The Hall–Kier alpha value is -0.870. The van der Waals surface area contributed by atoms with Crippen molar-refractivity contribution in [1.82, 2.24) is 9.88 Å². The molecule has 1 aliphatic rings. The number of likely N-dealkylation sites (tertiary alicyclic amines) is 1. The van der Waals surface area contributed by atoms with Crippen LogP contribution >= 0.6 is 0 Å². The topological polar surface area (TPSA) is 49.5 Å². The highest BCUT2D eigenvalue weighted by Crippen LogP contribution is 2.25. The summed E-state index contributed by atoms with van der Waals surface area (Å²) in [4.78, 5) is 6.73. The van der Waals surface area contributed by atoms with Gasteiger partial charge in [0.05, 0.1) is 18.8 Å². The van der Waals surface area contributed by atoms with Gasteiger partial charge in [-0.25, -0.2) is 4.98 Å². The number of rotatable bonds is 3. The monoisotopic (exact) mass is 266 g/mol. The van der Waals surface area contributed by atoms with Crippen LogP contribution in [0.25, 0.3) is 0 Å². The lowest BCUT2D eigenvalue weighted by atomic mass is 9.92. The maximum Gasteiger partial charge on any atom is 0.208 e. The van der Waals surface area contributed by atoms with Gasteiger partial charge in [-0.2, -0.15) is 0 Å².